The Morgan fingerprint density at radius 2 is 1.84 bits per heavy atom. The van der Waals surface area contributed by atoms with Crippen LogP contribution < -0.4 is 0 Å². The summed E-state index contributed by atoms with van der Waals surface area (Å²) in [5.41, 5.74) is 3.29. The van der Waals surface area contributed by atoms with Crippen LogP contribution in [-0.2, 0) is 16.1 Å². The van der Waals surface area contributed by atoms with Crippen LogP contribution in [0.15, 0.2) is 6.07 Å². The van der Waals surface area contributed by atoms with Crippen molar-refractivity contribution >= 4 is 11.8 Å². The molecule has 2 saturated heterocycles. The third kappa shape index (κ3) is 5.00. The second-order valence-corrected chi connectivity index (χ2v) is 10.1. The van der Waals surface area contributed by atoms with Gasteiger partial charge < -0.3 is 19.1 Å². The van der Waals surface area contributed by atoms with E-state index in [0.717, 1.165) is 94.3 Å². The standard InChI is InChI=1S/C25H39N3O3/c1-19-17-22(20(2)28(19)12-4-16-31-3)24(30)26-13-9-25(10-14-26)8-7-23(29)27(15-11-25)18-21-5-6-21/h17,21H,4-16,18H2,1-3H3. The molecule has 2 aliphatic heterocycles. The lowest BCUT2D eigenvalue weighted by molar-refractivity contribution is -0.130. The molecule has 172 valence electrons. The molecule has 31 heavy (non-hydrogen) atoms. The number of amides is 2. The summed E-state index contributed by atoms with van der Waals surface area (Å²) in [6.45, 7) is 9.25. The number of aromatic nitrogens is 1. The van der Waals surface area contributed by atoms with Crippen LogP contribution in [0.4, 0.5) is 0 Å². The zero-order valence-electron chi connectivity index (χ0n) is 19.6. The van der Waals surface area contributed by atoms with E-state index < -0.39 is 0 Å². The zero-order chi connectivity index (χ0) is 22.0. The summed E-state index contributed by atoms with van der Waals surface area (Å²) in [5.74, 6) is 1.27. The summed E-state index contributed by atoms with van der Waals surface area (Å²) < 4.78 is 7.42. The van der Waals surface area contributed by atoms with Crippen molar-refractivity contribution in [3.05, 3.63) is 23.0 Å². The molecule has 1 aromatic rings. The molecule has 1 spiro atoms. The fraction of sp³-hybridized carbons (Fsp3) is 0.760. The van der Waals surface area contributed by atoms with E-state index in [9.17, 15) is 9.59 Å². The molecule has 0 aromatic carbocycles. The number of hydrogen-bond donors (Lipinski definition) is 0. The molecule has 0 N–H and O–H groups in total. The summed E-state index contributed by atoms with van der Waals surface area (Å²) >= 11 is 0. The molecule has 6 nitrogen and oxygen atoms in total. The summed E-state index contributed by atoms with van der Waals surface area (Å²) in [5, 5.41) is 0. The molecule has 1 aromatic heterocycles. The third-order valence-electron chi connectivity index (χ3n) is 7.96. The highest BCUT2D eigenvalue weighted by molar-refractivity contribution is 5.95. The van der Waals surface area contributed by atoms with Gasteiger partial charge in [0.1, 0.15) is 0 Å². The fourth-order valence-corrected chi connectivity index (χ4v) is 5.54. The number of likely N-dealkylation sites (tertiary alicyclic amines) is 2. The van der Waals surface area contributed by atoms with Crippen LogP contribution >= 0.6 is 0 Å². The lowest BCUT2D eigenvalue weighted by Gasteiger charge is -2.41. The van der Waals surface area contributed by atoms with Gasteiger partial charge in [-0.05, 0) is 76.2 Å². The van der Waals surface area contributed by atoms with Gasteiger partial charge in [-0.1, -0.05) is 0 Å². The van der Waals surface area contributed by atoms with Crippen LogP contribution in [0.3, 0.4) is 0 Å². The first-order valence-corrected chi connectivity index (χ1v) is 12.2. The second-order valence-electron chi connectivity index (χ2n) is 10.1. The van der Waals surface area contributed by atoms with Crippen molar-refractivity contribution in [2.24, 2.45) is 11.3 Å². The predicted octanol–water partition coefficient (Wildman–Crippen LogP) is 3.79. The largest absolute Gasteiger partial charge is 0.385 e. The number of aryl methyl sites for hydroxylation is 1. The van der Waals surface area contributed by atoms with Gasteiger partial charge in [0, 0.05) is 64.2 Å². The van der Waals surface area contributed by atoms with Crippen molar-refractivity contribution in [2.75, 3.05) is 39.9 Å². The lowest BCUT2D eigenvalue weighted by atomic mass is 9.73. The molecule has 0 unspecified atom stereocenters. The molecule has 0 atom stereocenters. The SMILES string of the molecule is COCCCn1c(C)cc(C(=O)N2CCC3(CCC(=O)N(CC4CC4)CC3)CC2)c1C. The second kappa shape index (κ2) is 9.35. The van der Waals surface area contributed by atoms with Gasteiger partial charge in [0.15, 0.2) is 0 Å². The first kappa shape index (κ1) is 22.4. The molecule has 3 heterocycles. The Morgan fingerprint density at radius 3 is 2.52 bits per heavy atom. The smallest absolute Gasteiger partial charge is 0.255 e. The number of hydrogen-bond acceptors (Lipinski definition) is 3. The van der Waals surface area contributed by atoms with Gasteiger partial charge in [0.2, 0.25) is 5.91 Å². The van der Waals surface area contributed by atoms with Crippen molar-refractivity contribution in [1.29, 1.82) is 0 Å². The van der Waals surface area contributed by atoms with Crippen LogP contribution in [0, 0.1) is 25.2 Å². The molecule has 3 aliphatic rings. The molecule has 1 aliphatic carbocycles. The minimum Gasteiger partial charge on any atom is -0.385 e. The Hall–Kier alpha value is -1.82. The van der Waals surface area contributed by atoms with Crippen molar-refractivity contribution in [1.82, 2.24) is 14.4 Å². The van der Waals surface area contributed by atoms with Crippen LogP contribution in [-0.4, -0.2) is 66.1 Å². The topological polar surface area (TPSA) is 54.8 Å². The summed E-state index contributed by atoms with van der Waals surface area (Å²) in [6.07, 6.45) is 8.35. The average Bonchev–Trinajstić information content (AvgIpc) is 3.56. The van der Waals surface area contributed by atoms with Crippen molar-refractivity contribution in [3.63, 3.8) is 0 Å². The Morgan fingerprint density at radius 1 is 1.13 bits per heavy atom. The summed E-state index contributed by atoms with van der Waals surface area (Å²) in [7, 11) is 1.72. The fourth-order valence-electron chi connectivity index (χ4n) is 5.54. The monoisotopic (exact) mass is 429 g/mol. The van der Waals surface area contributed by atoms with Crippen LogP contribution in [0.5, 0.6) is 0 Å². The number of ether oxygens (including phenoxy) is 1. The maximum atomic E-state index is 13.3. The first-order chi connectivity index (χ1) is 14.9. The first-order valence-electron chi connectivity index (χ1n) is 12.2. The maximum absolute atomic E-state index is 13.3. The van der Waals surface area contributed by atoms with Gasteiger partial charge in [-0.2, -0.15) is 0 Å². The van der Waals surface area contributed by atoms with Gasteiger partial charge in [0.25, 0.3) is 5.91 Å². The van der Waals surface area contributed by atoms with E-state index in [2.05, 4.69) is 29.4 Å². The van der Waals surface area contributed by atoms with E-state index in [0.29, 0.717) is 12.3 Å². The molecule has 0 radical (unpaired) electrons. The van der Waals surface area contributed by atoms with E-state index >= 15 is 0 Å². The molecule has 6 heteroatoms. The highest BCUT2D eigenvalue weighted by atomic mass is 16.5. The Bertz CT molecular complexity index is 803. The number of nitrogens with zero attached hydrogens (tertiary/aromatic N) is 3. The molecule has 1 saturated carbocycles. The van der Waals surface area contributed by atoms with Gasteiger partial charge >= 0.3 is 0 Å². The predicted molar refractivity (Wildman–Crippen MR) is 121 cm³/mol. The number of piperidine rings is 1. The Kier molecular flexibility index (Phi) is 6.75. The van der Waals surface area contributed by atoms with Crippen LogP contribution in [0.1, 0.15) is 73.1 Å². The van der Waals surface area contributed by atoms with Crippen molar-refractivity contribution in [2.45, 2.75) is 71.8 Å². The highest BCUT2D eigenvalue weighted by Gasteiger charge is 2.40. The number of carbonyl (C=O) groups is 2. The normalized spacial score (nSPS) is 21.6. The van der Waals surface area contributed by atoms with Gasteiger partial charge in [-0.3, -0.25) is 9.59 Å². The van der Waals surface area contributed by atoms with E-state index in [1.807, 2.05) is 4.90 Å². The third-order valence-corrected chi connectivity index (χ3v) is 7.96. The van der Waals surface area contributed by atoms with E-state index in [-0.39, 0.29) is 11.3 Å². The molecular weight excluding hydrogens is 390 g/mol. The van der Waals surface area contributed by atoms with E-state index in [4.69, 9.17) is 4.74 Å². The molecule has 2 amide bonds. The number of rotatable bonds is 7. The number of methoxy groups -OCH3 is 1. The highest BCUT2D eigenvalue weighted by Crippen LogP contribution is 2.42. The number of carbonyl (C=O) groups excluding carboxylic acids is 2. The molecule has 3 fully saturated rings. The van der Waals surface area contributed by atoms with Crippen molar-refractivity contribution in [3.8, 4) is 0 Å². The van der Waals surface area contributed by atoms with Crippen LogP contribution in [0.2, 0.25) is 0 Å². The summed E-state index contributed by atoms with van der Waals surface area (Å²) in [4.78, 5) is 30.1. The Balaban J connectivity index is 1.35. The summed E-state index contributed by atoms with van der Waals surface area (Å²) in [6, 6.07) is 2.05. The minimum absolute atomic E-state index is 0.168. The molecular formula is C25H39N3O3. The van der Waals surface area contributed by atoms with Gasteiger partial charge in [-0.25, -0.2) is 0 Å². The van der Waals surface area contributed by atoms with Crippen molar-refractivity contribution < 1.29 is 14.3 Å². The molecule has 4 rings (SSSR count). The molecule has 0 bridgehead atoms. The minimum atomic E-state index is 0.168. The van der Waals surface area contributed by atoms with E-state index in [1.165, 1.54) is 12.8 Å². The van der Waals surface area contributed by atoms with Gasteiger partial charge in [0.05, 0.1) is 5.56 Å². The quantitative estimate of drug-likeness (QED) is 0.620. The zero-order valence-corrected chi connectivity index (χ0v) is 19.6. The average molecular weight is 430 g/mol. The van der Waals surface area contributed by atoms with E-state index in [1.54, 1.807) is 7.11 Å². The van der Waals surface area contributed by atoms with Gasteiger partial charge in [-0.15, -0.1) is 0 Å². The maximum Gasteiger partial charge on any atom is 0.255 e. The lowest BCUT2D eigenvalue weighted by Crippen LogP contribution is -2.43. The van der Waals surface area contributed by atoms with Crippen LogP contribution in [0.25, 0.3) is 0 Å². The Labute approximate surface area is 186 Å².